The molecule has 3 rings (SSSR count). The fraction of sp³-hybridized carbons (Fsp3) is 0.381. The Morgan fingerprint density at radius 2 is 1.86 bits per heavy atom. The molecule has 1 aliphatic rings. The van der Waals surface area contributed by atoms with Crippen LogP contribution in [-0.4, -0.2) is 69.6 Å². The number of piperazine rings is 1. The Bertz CT molecular complexity index is 822. The van der Waals surface area contributed by atoms with E-state index in [2.05, 4.69) is 20.1 Å². The molecule has 1 saturated heterocycles. The minimum atomic E-state index is -0.978. The predicted octanol–water partition coefficient (Wildman–Crippen LogP) is 1.63. The van der Waals surface area contributed by atoms with Gasteiger partial charge in [0.2, 0.25) is 5.91 Å². The number of phenolic OH excluding ortho intramolecular Hbond substituents is 1. The van der Waals surface area contributed by atoms with Crippen LogP contribution in [0.4, 0.5) is 5.69 Å². The van der Waals surface area contributed by atoms with Gasteiger partial charge in [-0.05, 0) is 23.8 Å². The van der Waals surface area contributed by atoms with Crippen LogP contribution in [0, 0.1) is 5.92 Å². The van der Waals surface area contributed by atoms with Crippen LogP contribution in [0.25, 0.3) is 0 Å². The van der Waals surface area contributed by atoms with E-state index < -0.39 is 11.9 Å². The van der Waals surface area contributed by atoms with Crippen LogP contribution in [0.5, 0.6) is 5.75 Å². The van der Waals surface area contributed by atoms with Crippen molar-refractivity contribution < 1.29 is 19.8 Å². The first-order valence-electron chi connectivity index (χ1n) is 9.65. The van der Waals surface area contributed by atoms with Gasteiger partial charge >= 0.3 is 5.97 Å². The topological polar surface area (TPSA) is 106 Å². The van der Waals surface area contributed by atoms with Crippen LogP contribution in [0.15, 0.2) is 48.8 Å². The minimum Gasteiger partial charge on any atom is -0.508 e. The molecule has 1 aromatic heterocycles. The van der Waals surface area contributed by atoms with E-state index in [1.165, 1.54) is 12.1 Å². The number of aromatic hydroxyl groups is 1. The van der Waals surface area contributed by atoms with Crippen LogP contribution in [0.3, 0.4) is 0 Å². The molecule has 0 spiro atoms. The third-order valence-electron chi connectivity index (χ3n) is 4.98. The van der Waals surface area contributed by atoms with Gasteiger partial charge in [-0.2, -0.15) is 0 Å². The number of carboxylic acids is 1. The third-order valence-corrected chi connectivity index (χ3v) is 4.98. The lowest BCUT2D eigenvalue weighted by molar-refractivity contribution is -0.144. The molecule has 1 amide bonds. The van der Waals surface area contributed by atoms with Gasteiger partial charge in [-0.25, -0.2) is 0 Å². The summed E-state index contributed by atoms with van der Waals surface area (Å²) in [7, 11) is 0. The Morgan fingerprint density at radius 1 is 1.10 bits per heavy atom. The number of aliphatic carboxylic acids is 1. The number of pyridine rings is 1. The van der Waals surface area contributed by atoms with E-state index in [0.29, 0.717) is 12.2 Å². The molecule has 1 atom stereocenters. The van der Waals surface area contributed by atoms with Gasteiger partial charge < -0.3 is 15.5 Å². The summed E-state index contributed by atoms with van der Waals surface area (Å²) >= 11 is 0. The van der Waals surface area contributed by atoms with Gasteiger partial charge in [0, 0.05) is 69.8 Å². The van der Waals surface area contributed by atoms with E-state index >= 15 is 0 Å². The second-order valence-corrected chi connectivity index (χ2v) is 7.28. The number of hydrogen-bond donors (Lipinski definition) is 3. The number of amides is 1. The van der Waals surface area contributed by atoms with Crippen molar-refractivity contribution in [1.29, 1.82) is 0 Å². The maximum absolute atomic E-state index is 12.2. The van der Waals surface area contributed by atoms with Gasteiger partial charge in [0.05, 0.1) is 5.92 Å². The largest absolute Gasteiger partial charge is 0.508 e. The van der Waals surface area contributed by atoms with E-state index in [1.54, 1.807) is 18.3 Å². The standard InChI is InChI=1S/C21H26N4O4/c26-19-5-1-4-18(12-19)23-20(27)11-17(21(28)29)15-25-9-7-24(8-10-25)14-16-3-2-6-22-13-16/h1-6,12-13,17,26H,7-11,14-15H2,(H,23,27)(H,28,29). The van der Waals surface area contributed by atoms with Crippen molar-refractivity contribution in [3.8, 4) is 5.75 Å². The monoisotopic (exact) mass is 398 g/mol. The van der Waals surface area contributed by atoms with Gasteiger partial charge in [-0.3, -0.25) is 24.4 Å². The van der Waals surface area contributed by atoms with Gasteiger partial charge in [-0.1, -0.05) is 12.1 Å². The first-order valence-corrected chi connectivity index (χ1v) is 9.65. The molecular weight excluding hydrogens is 372 g/mol. The molecule has 8 nitrogen and oxygen atoms in total. The highest BCUT2D eigenvalue weighted by molar-refractivity contribution is 5.93. The molecule has 8 heteroatoms. The van der Waals surface area contributed by atoms with Crippen molar-refractivity contribution in [3.05, 3.63) is 54.4 Å². The Balaban J connectivity index is 1.47. The first kappa shape index (κ1) is 20.8. The van der Waals surface area contributed by atoms with Crippen molar-refractivity contribution in [2.24, 2.45) is 5.92 Å². The molecule has 1 aromatic carbocycles. The highest BCUT2D eigenvalue weighted by atomic mass is 16.4. The number of nitrogens with one attached hydrogen (secondary N) is 1. The lowest BCUT2D eigenvalue weighted by Crippen LogP contribution is -2.48. The average Bonchev–Trinajstić information content (AvgIpc) is 2.69. The number of phenols is 1. The number of hydrogen-bond acceptors (Lipinski definition) is 6. The number of nitrogens with zero attached hydrogens (tertiary/aromatic N) is 3. The maximum atomic E-state index is 12.2. The summed E-state index contributed by atoms with van der Waals surface area (Å²) in [6.45, 7) is 4.38. The average molecular weight is 398 g/mol. The number of aromatic nitrogens is 1. The highest BCUT2D eigenvalue weighted by Gasteiger charge is 2.26. The zero-order valence-corrected chi connectivity index (χ0v) is 16.2. The molecule has 1 aliphatic heterocycles. The number of carbonyl (C=O) groups is 2. The number of carboxylic acid groups (broad SMARTS) is 1. The number of anilines is 1. The Hall–Kier alpha value is -2.97. The van der Waals surface area contributed by atoms with Crippen LogP contribution < -0.4 is 5.32 Å². The number of carbonyl (C=O) groups excluding carboxylic acids is 1. The molecule has 0 bridgehead atoms. The molecule has 3 N–H and O–H groups in total. The van der Waals surface area contributed by atoms with Gasteiger partial charge in [0.15, 0.2) is 0 Å². The molecule has 0 aliphatic carbocycles. The van der Waals surface area contributed by atoms with Gasteiger partial charge in [0.1, 0.15) is 5.75 Å². The fourth-order valence-electron chi connectivity index (χ4n) is 3.44. The van der Waals surface area contributed by atoms with Crippen LogP contribution >= 0.6 is 0 Å². The van der Waals surface area contributed by atoms with Crippen LogP contribution in [0.2, 0.25) is 0 Å². The van der Waals surface area contributed by atoms with Gasteiger partial charge in [0.25, 0.3) is 0 Å². The Morgan fingerprint density at radius 3 is 2.52 bits per heavy atom. The lowest BCUT2D eigenvalue weighted by atomic mass is 10.0. The summed E-state index contributed by atoms with van der Waals surface area (Å²) < 4.78 is 0. The second-order valence-electron chi connectivity index (χ2n) is 7.28. The first-order chi connectivity index (χ1) is 14.0. The zero-order valence-electron chi connectivity index (χ0n) is 16.2. The quantitative estimate of drug-likeness (QED) is 0.621. The molecule has 0 saturated carbocycles. The summed E-state index contributed by atoms with van der Waals surface area (Å²) in [6.07, 6.45) is 3.50. The third kappa shape index (κ3) is 6.55. The SMILES string of the molecule is O=C(CC(CN1CCN(Cc2cccnc2)CC1)C(=O)O)Nc1cccc(O)c1. The molecule has 154 valence electrons. The van der Waals surface area contributed by atoms with E-state index in [9.17, 15) is 19.8 Å². The summed E-state index contributed by atoms with van der Waals surface area (Å²) in [5.74, 6) is -2.09. The molecule has 29 heavy (non-hydrogen) atoms. The highest BCUT2D eigenvalue weighted by Crippen LogP contribution is 2.17. The lowest BCUT2D eigenvalue weighted by Gasteiger charge is -2.35. The van der Waals surface area contributed by atoms with E-state index in [-0.39, 0.29) is 18.1 Å². The fourth-order valence-corrected chi connectivity index (χ4v) is 3.44. The summed E-state index contributed by atoms with van der Waals surface area (Å²) in [4.78, 5) is 32.5. The van der Waals surface area contributed by atoms with Crippen molar-refractivity contribution in [2.75, 3.05) is 38.0 Å². The zero-order chi connectivity index (χ0) is 20.6. The number of rotatable bonds is 8. The van der Waals surface area contributed by atoms with E-state index in [0.717, 1.165) is 38.3 Å². The summed E-state index contributed by atoms with van der Waals surface area (Å²) in [5.41, 5.74) is 1.61. The van der Waals surface area contributed by atoms with E-state index in [4.69, 9.17) is 0 Å². The second kappa shape index (κ2) is 9.99. The number of benzene rings is 1. The predicted molar refractivity (Wildman–Crippen MR) is 108 cm³/mol. The molecular formula is C21H26N4O4. The molecule has 1 fully saturated rings. The van der Waals surface area contributed by atoms with Crippen LogP contribution in [0.1, 0.15) is 12.0 Å². The van der Waals surface area contributed by atoms with Crippen LogP contribution in [-0.2, 0) is 16.1 Å². The van der Waals surface area contributed by atoms with Crippen molar-refractivity contribution >= 4 is 17.6 Å². The normalized spacial score (nSPS) is 16.3. The molecule has 0 radical (unpaired) electrons. The molecule has 1 unspecified atom stereocenters. The molecule has 2 aromatic rings. The smallest absolute Gasteiger partial charge is 0.308 e. The summed E-state index contributed by atoms with van der Waals surface area (Å²) in [6, 6.07) is 10.2. The van der Waals surface area contributed by atoms with Crippen molar-refractivity contribution in [1.82, 2.24) is 14.8 Å². The molecule has 2 heterocycles. The summed E-state index contributed by atoms with van der Waals surface area (Å²) in [5, 5.41) is 21.7. The van der Waals surface area contributed by atoms with Gasteiger partial charge in [-0.15, -0.1) is 0 Å². The maximum Gasteiger partial charge on any atom is 0.308 e. The van der Waals surface area contributed by atoms with E-state index in [1.807, 2.05) is 18.3 Å². The van der Waals surface area contributed by atoms with Crippen molar-refractivity contribution in [2.45, 2.75) is 13.0 Å². The Kier molecular flexibility index (Phi) is 7.15. The van der Waals surface area contributed by atoms with Crippen molar-refractivity contribution in [3.63, 3.8) is 0 Å². The Labute approximate surface area is 169 Å². The minimum absolute atomic E-state index is 0.0433.